The van der Waals surface area contributed by atoms with Crippen LogP contribution in [0.5, 0.6) is 0 Å². The Hall–Kier alpha value is -1.99. The molecule has 3 N–H and O–H groups in total. The summed E-state index contributed by atoms with van der Waals surface area (Å²) < 4.78 is 47.4. The van der Waals surface area contributed by atoms with Crippen molar-refractivity contribution in [2.24, 2.45) is 5.73 Å². The van der Waals surface area contributed by atoms with Gasteiger partial charge < -0.3 is 11.1 Å². The second-order valence-electron chi connectivity index (χ2n) is 4.36. The van der Waals surface area contributed by atoms with Crippen molar-refractivity contribution < 1.29 is 17.2 Å². The maximum absolute atomic E-state index is 12.4. The van der Waals surface area contributed by atoms with E-state index in [1.807, 2.05) is 24.3 Å². The molecule has 0 bridgehead atoms. The minimum absolute atomic E-state index is 0.404. The number of sulfone groups is 1. The quantitative estimate of drug-likeness (QED) is 0.890. The van der Waals surface area contributed by atoms with Crippen LogP contribution in [0.2, 0.25) is 0 Å². The van der Waals surface area contributed by atoms with E-state index in [2.05, 4.69) is 5.32 Å². The third-order valence-corrected chi connectivity index (χ3v) is 4.27. The van der Waals surface area contributed by atoms with E-state index in [4.69, 9.17) is 5.73 Å². The molecule has 0 unspecified atom stereocenters. The van der Waals surface area contributed by atoms with Crippen molar-refractivity contribution in [3.8, 4) is 0 Å². The molecule has 2 aromatic carbocycles. The Labute approximate surface area is 121 Å². The predicted molar refractivity (Wildman–Crippen MR) is 77.2 cm³/mol. The molecule has 0 radical (unpaired) electrons. The number of nitrogens with two attached hydrogens (primary N) is 1. The first-order valence-electron chi connectivity index (χ1n) is 6.11. The van der Waals surface area contributed by atoms with Crippen LogP contribution in [-0.2, 0) is 16.4 Å². The van der Waals surface area contributed by atoms with Crippen LogP contribution in [0.25, 0.3) is 0 Å². The lowest BCUT2D eigenvalue weighted by molar-refractivity contribution is 0.234. The Balaban J connectivity index is 2.20. The van der Waals surface area contributed by atoms with E-state index in [0.29, 0.717) is 12.2 Å². The molecule has 7 heteroatoms. The van der Waals surface area contributed by atoms with Gasteiger partial charge in [0.25, 0.3) is 0 Å². The highest BCUT2D eigenvalue weighted by molar-refractivity contribution is 7.91. The third-order valence-electron chi connectivity index (χ3n) is 2.87. The molecule has 0 saturated carbocycles. The van der Waals surface area contributed by atoms with Crippen LogP contribution in [0.4, 0.5) is 20.2 Å². The summed E-state index contributed by atoms with van der Waals surface area (Å²) in [5.74, 6) is -3.42. The molecule has 4 nitrogen and oxygen atoms in total. The first-order valence-corrected chi connectivity index (χ1v) is 7.66. The molecule has 21 heavy (non-hydrogen) atoms. The van der Waals surface area contributed by atoms with Crippen LogP contribution in [0, 0.1) is 0 Å². The largest absolute Gasteiger partial charge is 0.356 e. The van der Waals surface area contributed by atoms with Crippen molar-refractivity contribution in [3.63, 3.8) is 0 Å². The zero-order valence-electron chi connectivity index (χ0n) is 11.0. The van der Waals surface area contributed by atoms with Crippen molar-refractivity contribution in [2.75, 3.05) is 5.32 Å². The highest BCUT2D eigenvalue weighted by atomic mass is 32.2. The lowest BCUT2D eigenvalue weighted by Gasteiger charge is -2.09. The molecule has 112 valence electrons. The average Bonchev–Trinajstić information content (AvgIpc) is 2.48. The van der Waals surface area contributed by atoms with Crippen LogP contribution in [-0.4, -0.2) is 14.2 Å². The monoisotopic (exact) mass is 312 g/mol. The number of hydrogen-bond donors (Lipinski definition) is 2. The summed E-state index contributed by atoms with van der Waals surface area (Å²) in [5, 5.41) is 3.05. The van der Waals surface area contributed by atoms with Gasteiger partial charge in [-0.3, -0.25) is 0 Å². The van der Waals surface area contributed by atoms with Gasteiger partial charge in [0.2, 0.25) is 9.84 Å². The topological polar surface area (TPSA) is 72.2 Å². The van der Waals surface area contributed by atoms with Gasteiger partial charge in [-0.2, -0.15) is 8.78 Å². The second-order valence-corrected chi connectivity index (χ2v) is 6.28. The van der Waals surface area contributed by atoms with Gasteiger partial charge in [0.1, 0.15) is 0 Å². The standard InChI is InChI=1S/C14H14F2N2O2S/c15-14(16)21(19,20)13-6-4-11(5-7-13)18-12-3-1-2-10(8-12)9-17/h1-8,14,18H,9,17H2. The Morgan fingerprint density at radius 2 is 1.71 bits per heavy atom. The number of nitrogens with one attached hydrogen (secondary N) is 1. The lowest BCUT2D eigenvalue weighted by Crippen LogP contribution is -2.11. The molecule has 2 aromatic rings. The summed E-state index contributed by atoms with van der Waals surface area (Å²) in [7, 11) is -4.55. The summed E-state index contributed by atoms with van der Waals surface area (Å²) in [5.41, 5.74) is 7.86. The molecular formula is C14H14F2N2O2S. The second kappa shape index (κ2) is 6.19. The van der Waals surface area contributed by atoms with Crippen molar-refractivity contribution >= 4 is 21.2 Å². The fourth-order valence-electron chi connectivity index (χ4n) is 1.77. The molecule has 0 aliphatic heterocycles. The molecule has 0 spiro atoms. The van der Waals surface area contributed by atoms with Gasteiger partial charge in [-0.05, 0) is 42.0 Å². The third kappa shape index (κ3) is 3.56. The van der Waals surface area contributed by atoms with Gasteiger partial charge >= 0.3 is 5.76 Å². The summed E-state index contributed by atoms with van der Waals surface area (Å²) in [4.78, 5) is -0.404. The van der Waals surface area contributed by atoms with Crippen molar-refractivity contribution in [3.05, 3.63) is 54.1 Å². The van der Waals surface area contributed by atoms with Gasteiger partial charge in [-0.15, -0.1) is 0 Å². The van der Waals surface area contributed by atoms with Gasteiger partial charge in [0.05, 0.1) is 4.90 Å². The number of rotatable bonds is 5. The molecular weight excluding hydrogens is 298 g/mol. The fourth-order valence-corrected chi connectivity index (χ4v) is 2.49. The van der Waals surface area contributed by atoms with E-state index in [1.165, 1.54) is 12.1 Å². The Morgan fingerprint density at radius 3 is 2.29 bits per heavy atom. The zero-order chi connectivity index (χ0) is 15.5. The van der Waals surface area contributed by atoms with Crippen molar-refractivity contribution in [2.45, 2.75) is 17.2 Å². The molecule has 0 saturated heterocycles. The molecule has 0 atom stereocenters. The number of anilines is 2. The predicted octanol–water partition coefficient (Wildman–Crippen LogP) is 2.89. The molecule has 0 aliphatic rings. The Bertz CT molecular complexity index is 716. The van der Waals surface area contributed by atoms with Gasteiger partial charge in [-0.25, -0.2) is 8.42 Å². The number of halogens is 2. The van der Waals surface area contributed by atoms with E-state index in [9.17, 15) is 17.2 Å². The van der Waals surface area contributed by atoms with Crippen LogP contribution in [0.15, 0.2) is 53.4 Å². The molecule has 0 amide bonds. The van der Waals surface area contributed by atoms with Crippen LogP contribution < -0.4 is 11.1 Å². The molecule has 0 heterocycles. The van der Waals surface area contributed by atoms with Gasteiger partial charge in [-0.1, -0.05) is 12.1 Å². The summed E-state index contributed by atoms with van der Waals surface area (Å²) in [6.07, 6.45) is 0. The maximum atomic E-state index is 12.4. The summed E-state index contributed by atoms with van der Waals surface area (Å²) in [6.45, 7) is 0.404. The van der Waals surface area contributed by atoms with E-state index >= 15 is 0 Å². The maximum Gasteiger partial charge on any atom is 0.341 e. The van der Waals surface area contributed by atoms with Gasteiger partial charge in [0.15, 0.2) is 0 Å². The molecule has 0 aromatic heterocycles. The number of benzene rings is 2. The van der Waals surface area contributed by atoms with E-state index in [0.717, 1.165) is 23.4 Å². The van der Waals surface area contributed by atoms with E-state index in [1.54, 1.807) is 0 Å². The van der Waals surface area contributed by atoms with E-state index < -0.39 is 20.5 Å². The zero-order valence-corrected chi connectivity index (χ0v) is 11.8. The van der Waals surface area contributed by atoms with Crippen molar-refractivity contribution in [1.29, 1.82) is 0 Å². The minimum Gasteiger partial charge on any atom is -0.356 e. The number of hydrogen-bond acceptors (Lipinski definition) is 4. The average molecular weight is 312 g/mol. The van der Waals surface area contributed by atoms with Crippen LogP contribution in [0.1, 0.15) is 5.56 Å². The Kier molecular flexibility index (Phi) is 4.54. The van der Waals surface area contributed by atoms with E-state index in [-0.39, 0.29) is 0 Å². The SMILES string of the molecule is NCc1cccc(Nc2ccc(S(=O)(=O)C(F)F)cc2)c1. The normalized spacial score (nSPS) is 11.6. The summed E-state index contributed by atoms with van der Waals surface area (Å²) in [6, 6.07) is 12.6. The van der Waals surface area contributed by atoms with Crippen LogP contribution in [0.3, 0.4) is 0 Å². The molecule has 0 aliphatic carbocycles. The highest BCUT2D eigenvalue weighted by Gasteiger charge is 2.26. The van der Waals surface area contributed by atoms with Crippen LogP contribution >= 0.6 is 0 Å². The number of alkyl halides is 2. The fraction of sp³-hybridized carbons (Fsp3) is 0.143. The molecule has 0 fully saturated rings. The molecule has 2 rings (SSSR count). The lowest BCUT2D eigenvalue weighted by atomic mass is 10.2. The minimum atomic E-state index is -4.55. The summed E-state index contributed by atoms with van der Waals surface area (Å²) >= 11 is 0. The smallest absolute Gasteiger partial charge is 0.341 e. The van der Waals surface area contributed by atoms with Gasteiger partial charge in [0, 0.05) is 17.9 Å². The Morgan fingerprint density at radius 1 is 1.05 bits per heavy atom. The highest BCUT2D eigenvalue weighted by Crippen LogP contribution is 2.22. The first-order chi connectivity index (χ1) is 9.93. The first kappa shape index (κ1) is 15.4. The van der Waals surface area contributed by atoms with Crippen molar-refractivity contribution in [1.82, 2.24) is 0 Å².